The monoisotopic (exact) mass is 153 g/mol. The number of rotatable bonds is 1. The Labute approximate surface area is 65.4 Å². The third-order valence-electron chi connectivity index (χ3n) is 1.41. The molecule has 0 atom stereocenters. The van der Waals surface area contributed by atoms with Crippen LogP contribution in [0.3, 0.4) is 0 Å². The lowest BCUT2D eigenvalue weighted by Gasteiger charge is -2.13. The lowest BCUT2D eigenvalue weighted by Crippen LogP contribution is -2.11. The second-order valence-corrected chi connectivity index (χ2v) is 3.48. The van der Waals surface area contributed by atoms with Crippen molar-refractivity contribution in [2.75, 3.05) is 0 Å². The van der Waals surface area contributed by atoms with E-state index in [0.29, 0.717) is 11.3 Å². The minimum Gasteiger partial charge on any atom is -0.360 e. The van der Waals surface area contributed by atoms with Crippen LogP contribution in [0, 0.1) is 0 Å². The smallest absolute Gasteiger partial charge is 0.155 e. The second-order valence-electron chi connectivity index (χ2n) is 3.48. The van der Waals surface area contributed by atoms with Gasteiger partial charge in [0.15, 0.2) is 12.0 Å². The Morgan fingerprint density at radius 3 is 2.55 bits per heavy atom. The number of carbonyl (C=O) groups is 1. The van der Waals surface area contributed by atoms with Gasteiger partial charge in [-0.05, 0) is 0 Å². The zero-order valence-corrected chi connectivity index (χ0v) is 6.92. The van der Waals surface area contributed by atoms with Crippen LogP contribution in [-0.4, -0.2) is 11.4 Å². The fraction of sp³-hybridized carbons (Fsp3) is 0.500. The van der Waals surface area contributed by atoms with Gasteiger partial charge in [-0.25, -0.2) is 0 Å². The summed E-state index contributed by atoms with van der Waals surface area (Å²) < 4.78 is 4.94. The van der Waals surface area contributed by atoms with Crippen molar-refractivity contribution in [2.24, 2.45) is 0 Å². The third-order valence-corrected chi connectivity index (χ3v) is 1.41. The van der Waals surface area contributed by atoms with Crippen molar-refractivity contribution in [2.45, 2.75) is 26.2 Å². The van der Waals surface area contributed by atoms with Gasteiger partial charge in [-0.15, -0.1) is 0 Å². The molecule has 0 aromatic carbocycles. The molecule has 1 aromatic heterocycles. The largest absolute Gasteiger partial charge is 0.360 e. The van der Waals surface area contributed by atoms with E-state index >= 15 is 0 Å². The predicted molar refractivity (Wildman–Crippen MR) is 40.6 cm³/mol. The molecular weight excluding hydrogens is 142 g/mol. The van der Waals surface area contributed by atoms with Gasteiger partial charge >= 0.3 is 0 Å². The highest BCUT2D eigenvalue weighted by molar-refractivity contribution is 5.76. The molecule has 3 heteroatoms. The molecule has 11 heavy (non-hydrogen) atoms. The molecule has 0 saturated heterocycles. The highest BCUT2D eigenvalue weighted by atomic mass is 16.5. The maximum Gasteiger partial charge on any atom is 0.155 e. The molecule has 60 valence electrons. The average molecular weight is 153 g/mol. The SMILES string of the molecule is CC(C)(C)c1oncc1C=O. The van der Waals surface area contributed by atoms with Crippen LogP contribution in [0.4, 0.5) is 0 Å². The standard InChI is InChI=1S/C8H11NO2/c1-8(2,3)7-6(5-10)4-9-11-7/h4-5H,1-3H3. The summed E-state index contributed by atoms with van der Waals surface area (Å²) >= 11 is 0. The normalized spacial score (nSPS) is 11.5. The first-order valence-corrected chi connectivity index (χ1v) is 3.46. The van der Waals surface area contributed by atoms with E-state index in [4.69, 9.17) is 4.52 Å². The molecule has 3 nitrogen and oxygen atoms in total. The molecule has 1 heterocycles. The van der Waals surface area contributed by atoms with Gasteiger partial charge in [0.2, 0.25) is 0 Å². The predicted octanol–water partition coefficient (Wildman–Crippen LogP) is 1.78. The molecule has 0 aliphatic rings. The van der Waals surface area contributed by atoms with Gasteiger partial charge in [0.25, 0.3) is 0 Å². The van der Waals surface area contributed by atoms with Gasteiger partial charge in [0.1, 0.15) is 0 Å². The van der Waals surface area contributed by atoms with Crippen LogP contribution >= 0.6 is 0 Å². The maximum absolute atomic E-state index is 10.4. The molecule has 0 N–H and O–H groups in total. The third kappa shape index (κ3) is 1.48. The molecule has 0 spiro atoms. The van der Waals surface area contributed by atoms with Crippen LogP contribution < -0.4 is 0 Å². The van der Waals surface area contributed by atoms with Crippen molar-refractivity contribution in [1.82, 2.24) is 5.16 Å². The van der Waals surface area contributed by atoms with Gasteiger partial charge < -0.3 is 4.52 Å². The van der Waals surface area contributed by atoms with Crippen molar-refractivity contribution in [3.63, 3.8) is 0 Å². The van der Waals surface area contributed by atoms with E-state index < -0.39 is 0 Å². The van der Waals surface area contributed by atoms with E-state index in [2.05, 4.69) is 5.16 Å². The van der Waals surface area contributed by atoms with E-state index in [1.54, 1.807) is 0 Å². The average Bonchev–Trinajstić information content (AvgIpc) is 2.31. The van der Waals surface area contributed by atoms with Crippen molar-refractivity contribution in [1.29, 1.82) is 0 Å². The van der Waals surface area contributed by atoms with Crippen LogP contribution in [0.25, 0.3) is 0 Å². The van der Waals surface area contributed by atoms with E-state index in [-0.39, 0.29) is 5.41 Å². The highest BCUT2D eigenvalue weighted by Gasteiger charge is 2.22. The summed E-state index contributed by atoms with van der Waals surface area (Å²) in [6.07, 6.45) is 2.20. The molecule has 0 aliphatic carbocycles. The minimum atomic E-state index is -0.146. The Kier molecular flexibility index (Phi) is 1.81. The Bertz CT molecular complexity index is 257. The molecule has 0 unspecified atom stereocenters. The summed E-state index contributed by atoms with van der Waals surface area (Å²) in [5.41, 5.74) is 0.393. The maximum atomic E-state index is 10.4. The van der Waals surface area contributed by atoms with Gasteiger partial charge in [0, 0.05) is 5.41 Å². The summed E-state index contributed by atoms with van der Waals surface area (Å²) in [7, 11) is 0. The fourth-order valence-corrected chi connectivity index (χ4v) is 0.901. The number of carbonyl (C=O) groups excluding carboxylic acids is 1. The first-order chi connectivity index (χ1) is 5.05. The van der Waals surface area contributed by atoms with Crippen molar-refractivity contribution >= 4 is 6.29 Å². The number of nitrogens with zero attached hydrogens (tertiary/aromatic N) is 1. The summed E-state index contributed by atoms with van der Waals surface area (Å²) in [6.45, 7) is 5.92. The molecule has 0 aliphatic heterocycles. The van der Waals surface area contributed by atoms with Gasteiger partial charge in [-0.2, -0.15) is 0 Å². The lowest BCUT2D eigenvalue weighted by atomic mass is 9.91. The van der Waals surface area contributed by atoms with E-state index in [1.165, 1.54) is 6.20 Å². The molecule has 0 bridgehead atoms. The van der Waals surface area contributed by atoms with Crippen molar-refractivity contribution in [3.8, 4) is 0 Å². The Morgan fingerprint density at radius 1 is 1.55 bits per heavy atom. The van der Waals surface area contributed by atoms with Crippen LogP contribution in [0.5, 0.6) is 0 Å². The van der Waals surface area contributed by atoms with E-state index in [9.17, 15) is 4.79 Å². The molecule has 0 saturated carbocycles. The van der Waals surface area contributed by atoms with Crippen LogP contribution in [0.1, 0.15) is 36.9 Å². The van der Waals surface area contributed by atoms with E-state index in [0.717, 1.165) is 6.29 Å². The van der Waals surface area contributed by atoms with Gasteiger partial charge in [-0.1, -0.05) is 25.9 Å². The number of hydrogen-bond acceptors (Lipinski definition) is 3. The zero-order chi connectivity index (χ0) is 8.48. The molecular formula is C8H11NO2. The number of hydrogen-bond donors (Lipinski definition) is 0. The number of aromatic nitrogens is 1. The summed E-state index contributed by atoms with van der Waals surface area (Å²) in [4.78, 5) is 10.4. The quantitative estimate of drug-likeness (QED) is 0.577. The summed E-state index contributed by atoms with van der Waals surface area (Å²) in [5.74, 6) is 0.646. The summed E-state index contributed by atoms with van der Waals surface area (Å²) in [5, 5.41) is 3.55. The molecule has 0 amide bonds. The lowest BCUT2D eigenvalue weighted by molar-refractivity contribution is 0.111. The van der Waals surface area contributed by atoms with Crippen LogP contribution in [-0.2, 0) is 5.41 Å². The first-order valence-electron chi connectivity index (χ1n) is 3.46. The first kappa shape index (κ1) is 7.98. The number of aldehydes is 1. The highest BCUT2D eigenvalue weighted by Crippen LogP contribution is 2.24. The second kappa shape index (κ2) is 2.49. The van der Waals surface area contributed by atoms with Crippen LogP contribution in [0.2, 0.25) is 0 Å². The molecule has 0 radical (unpaired) electrons. The fourth-order valence-electron chi connectivity index (χ4n) is 0.901. The summed E-state index contributed by atoms with van der Waals surface area (Å²) in [6, 6.07) is 0. The molecule has 1 rings (SSSR count). The Morgan fingerprint density at radius 2 is 2.18 bits per heavy atom. The zero-order valence-electron chi connectivity index (χ0n) is 6.92. The van der Waals surface area contributed by atoms with Gasteiger partial charge in [0.05, 0.1) is 11.8 Å². The van der Waals surface area contributed by atoms with Crippen molar-refractivity contribution < 1.29 is 9.32 Å². The van der Waals surface area contributed by atoms with Crippen LogP contribution in [0.15, 0.2) is 10.7 Å². The van der Waals surface area contributed by atoms with Crippen molar-refractivity contribution in [3.05, 3.63) is 17.5 Å². The van der Waals surface area contributed by atoms with Gasteiger partial charge in [-0.3, -0.25) is 4.79 Å². The minimum absolute atomic E-state index is 0.146. The Balaban J connectivity index is 3.12. The topological polar surface area (TPSA) is 43.1 Å². The Hall–Kier alpha value is -1.12. The molecule has 0 fully saturated rings. The van der Waals surface area contributed by atoms with E-state index in [1.807, 2.05) is 20.8 Å². The molecule has 1 aromatic rings.